The summed E-state index contributed by atoms with van der Waals surface area (Å²) < 4.78 is 11.9. The van der Waals surface area contributed by atoms with Gasteiger partial charge < -0.3 is 9.47 Å². The van der Waals surface area contributed by atoms with Gasteiger partial charge in [0.25, 0.3) is 0 Å². The van der Waals surface area contributed by atoms with Gasteiger partial charge in [0.15, 0.2) is 5.78 Å². The molecule has 0 bridgehead atoms. The predicted molar refractivity (Wildman–Crippen MR) is 290 cm³/mol. The van der Waals surface area contributed by atoms with Gasteiger partial charge in [-0.1, -0.05) is 0 Å². The summed E-state index contributed by atoms with van der Waals surface area (Å²) in [6.45, 7) is 0. The first kappa shape index (κ1) is 27.3. The van der Waals surface area contributed by atoms with Gasteiger partial charge in [-0.05, 0) is 313 Å². The van der Waals surface area contributed by atoms with Gasteiger partial charge in [-0.2, -0.15) is 0 Å². The minimum Gasteiger partial charge on any atom is -0.466 e. The molecule has 33 rings (SSSR count). The molecule has 5 nitrogen and oxygen atoms in total. The van der Waals surface area contributed by atoms with E-state index < -0.39 is 22.8 Å². The molecule has 0 radical (unpaired) electrons. The molecule has 0 N–H and O–H groups in total. The van der Waals surface area contributed by atoms with E-state index in [4.69, 9.17) is 9.47 Å². The van der Waals surface area contributed by atoms with Crippen LogP contribution in [0.5, 0.6) is 0 Å². The molecule has 0 saturated carbocycles. The quantitative estimate of drug-likeness (QED) is 0.0982. The topological polar surface area (TPSA) is 69.7 Å². The van der Waals surface area contributed by atoms with E-state index in [9.17, 15) is 0 Å². The molecule has 0 aliphatic heterocycles. The first-order chi connectivity index (χ1) is 35.6. The first-order valence-electron chi connectivity index (χ1n) is 25.8. The summed E-state index contributed by atoms with van der Waals surface area (Å²) in [4.78, 5) is 48.7. The second-order valence-corrected chi connectivity index (χ2v) is 25.3. The van der Waals surface area contributed by atoms with Crippen LogP contribution in [0.3, 0.4) is 0 Å². The molecule has 5 aliphatic carbocycles. The van der Waals surface area contributed by atoms with E-state index in [0.717, 1.165) is 22.3 Å². The van der Waals surface area contributed by atoms with Gasteiger partial charge in [-0.15, -0.1) is 0 Å². The van der Waals surface area contributed by atoms with Crippen LogP contribution in [0.15, 0.2) is 11.1 Å². The lowest BCUT2D eigenvalue weighted by Crippen LogP contribution is -2.53. The van der Waals surface area contributed by atoms with Crippen LogP contribution in [-0.4, -0.2) is 31.9 Å². The summed E-state index contributed by atoms with van der Waals surface area (Å²) in [7, 11) is 2.82. The Labute approximate surface area is 389 Å². The summed E-state index contributed by atoms with van der Waals surface area (Å²) in [6, 6.07) is 0. The number of hydrogen-bond acceptors (Lipinski definition) is 5. The number of methoxy groups -OCH3 is 2. The number of carbonyl (C=O) groups is 3. The summed E-state index contributed by atoms with van der Waals surface area (Å²) in [5, 5.41) is 76.1. The Morgan fingerprint density at radius 1 is 0.236 bits per heavy atom. The molecule has 0 saturated heterocycles. The van der Waals surface area contributed by atoms with Crippen molar-refractivity contribution in [2.75, 3.05) is 14.2 Å². The Bertz CT molecular complexity index is 7630. The van der Waals surface area contributed by atoms with Crippen molar-refractivity contribution in [3.63, 3.8) is 0 Å². The monoisotopic (exact) mass is 890 g/mol. The van der Waals surface area contributed by atoms with Crippen molar-refractivity contribution in [2.45, 2.75) is 10.8 Å². The minimum atomic E-state index is -1.45. The number of esters is 2. The van der Waals surface area contributed by atoms with Crippen LogP contribution in [0.4, 0.5) is 0 Å². The smallest absolute Gasteiger partial charge is 0.342 e. The fraction of sp³-hybridized carbons (Fsp3) is 0.0597. The lowest BCUT2D eigenvalue weighted by Gasteiger charge is -2.48. The van der Waals surface area contributed by atoms with Gasteiger partial charge in [-0.25, -0.2) is 9.59 Å². The lowest BCUT2D eigenvalue weighted by atomic mass is 9.49. The molecule has 28 aromatic carbocycles. The predicted octanol–water partition coefficient (Wildman–Crippen LogP) is 15.5. The zero-order valence-electron chi connectivity index (χ0n) is 36.5. The maximum absolute atomic E-state index is 17.6. The minimum absolute atomic E-state index is 0.112. The molecule has 72 heavy (non-hydrogen) atoms. The van der Waals surface area contributed by atoms with Crippen molar-refractivity contribution in [2.24, 2.45) is 0 Å². The SMILES string of the molecule is COC(=O)C1=C(C(=O)OC)C23c4c5c6c7c8c9c(c%10c%11c2c2c%12c4c4c%13c5c5c7c7c8c8c%14c9c%10c9c%10c%11c2c2c%11c%12c4c4c%12c%13c5c5c7c7c8c8c%14c9c9c%10c2c2c%11c4c4c%12c5c7c5c8c9c2c45)C63C1=O. The molecular weight excluding hydrogens is 885 g/mol. The van der Waals surface area contributed by atoms with Crippen molar-refractivity contribution in [1.29, 1.82) is 0 Å². The van der Waals surface area contributed by atoms with Gasteiger partial charge in [0, 0.05) is 0 Å². The van der Waals surface area contributed by atoms with Crippen LogP contribution < -0.4 is 0 Å². The Hall–Kier alpha value is -9.19. The van der Waals surface area contributed by atoms with E-state index in [1.54, 1.807) is 10.8 Å². The molecule has 28 aromatic rings. The number of benzene rings is 17. The highest BCUT2D eigenvalue weighted by atomic mass is 16.5. The van der Waals surface area contributed by atoms with Crippen molar-refractivity contribution < 1.29 is 23.9 Å². The van der Waals surface area contributed by atoms with Crippen LogP contribution >= 0.6 is 0 Å². The van der Waals surface area contributed by atoms with E-state index in [2.05, 4.69) is 0 Å². The molecule has 0 amide bonds. The van der Waals surface area contributed by atoms with Crippen molar-refractivity contribution in [1.82, 2.24) is 0 Å². The second-order valence-electron chi connectivity index (χ2n) is 25.3. The van der Waals surface area contributed by atoms with Crippen molar-refractivity contribution >= 4 is 309 Å². The van der Waals surface area contributed by atoms with Crippen molar-refractivity contribution in [3.05, 3.63) is 33.4 Å². The second kappa shape index (κ2) is 6.08. The van der Waals surface area contributed by atoms with Crippen LogP contribution in [0.1, 0.15) is 22.3 Å². The summed E-state index contributed by atoms with van der Waals surface area (Å²) >= 11 is 0. The number of ketones is 1. The number of rotatable bonds is 2. The Balaban J connectivity index is 1.20. The maximum Gasteiger partial charge on any atom is 0.342 e. The van der Waals surface area contributed by atoms with Gasteiger partial charge in [0.1, 0.15) is 11.0 Å². The Morgan fingerprint density at radius 3 is 0.653 bits per heavy atom. The average Bonchev–Trinajstić information content (AvgIpc) is 4.27. The van der Waals surface area contributed by atoms with E-state index in [0.29, 0.717) is 0 Å². The van der Waals surface area contributed by atoms with Gasteiger partial charge in [-0.3, -0.25) is 4.79 Å². The molecule has 0 heterocycles. The van der Waals surface area contributed by atoms with Crippen LogP contribution in [0.25, 0.3) is 291 Å². The summed E-state index contributed by atoms with van der Waals surface area (Å²) in [5.74, 6) is -1.61. The standard InChI is InChI=1S/C67H6O5/c1-71-64(69)57-62(65(70)72-2)66-58-50-43-31-23-14-5-3-4-6-9(5)18-25(23)33-34-26(18)24-15(6)17-13-8(4)11-10-7(3)12-16(14)29(31)37-35-21(12)19(10)27-28-20(11)22(13)36-38-30(17)32(24)44-46(34)55(54(58)45(33)43)59-51(44)49(38)53-42(36)40(28)47-39(27)41(35)52(48(37)50)60(66)56(47)61(53)67(59,66)63(57)68/h1-2H3. The molecule has 2 unspecified atom stereocenters. The highest BCUT2D eigenvalue weighted by Crippen LogP contribution is 2.86. The van der Waals surface area contributed by atoms with E-state index in [1.165, 1.54) is 294 Å². The van der Waals surface area contributed by atoms with Crippen LogP contribution in [0, 0.1) is 0 Å². The van der Waals surface area contributed by atoms with Gasteiger partial charge in [0.05, 0.1) is 25.2 Å². The third kappa shape index (κ3) is 1.39. The van der Waals surface area contributed by atoms with E-state index in [-0.39, 0.29) is 16.9 Å². The molecule has 0 aromatic heterocycles. The first-order valence-corrected chi connectivity index (χ1v) is 25.8. The van der Waals surface area contributed by atoms with Crippen LogP contribution in [0.2, 0.25) is 0 Å². The summed E-state index contributed by atoms with van der Waals surface area (Å²) in [6.07, 6.45) is 0. The highest BCUT2D eigenvalue weighted by molar-refractivity contribution is 6.82. The number of Topliss-reactive ketones (excluding diaryl/α,β-unsaturated/α-hetero) is 1. The fourth-order valence-corrected chi connectivity index (χ4v) is 25.2. The zero-order valence-corrected chi connectivity index (χ0v) is 36.5. The van der Waals surface area contributed by atoms with Gasteiger partial charge in [0.2, 0.25) is 0 Å². The zero-order chi connectivity index (χ0) is 43.8. The lowest BCUT2D eigenvalue weighted by molar-refractivity contribution is -0.140. The molecule has 5 heteroatoms. The number of hydrogen-bond donors (Lipinski definition) is 0. The van der Waals surface area contributed by atoms with E-state index in [1.807, 2.05) is 0 Å². The largest absolute Gasteiger partial charge is 0.466 e. The average molecular weight is 891 g/mol. The maximum atomic E-state index is 17.6. The number of carbonyl (C=O) groups excluding carboxylic acids is 3. The molecule has 2 atom stereocenters. The molecule has 2 spiro atoms. The normalized spacial score (nSPS) is 22.2. The highest BCUT2D eigenvalue weighted by Gasteiger charge is 2.79. The molecular formula is C67H6O5. The van der Waals surface area contributed by atoms with Gasteiger partial charge >= 0.3 is 11.9 Å². The molecule has 5 aliphatic rings. The Morgan fingerprint density at radius 2 is 0.403 bits per heavy atom. The Kier molecular flexibility index (Phi) is 2.30. The summed E-state index contributed by atoms with van der Waals surface area (Å²) in [5.41, 5.74) is 1.61. The molecule has 0 fully saturated rings. The van der Waals surface area contributed by atoms with Crippen molar-refractivity contribution in [3.8, 4) is 0 Å². The fourth-order valence-electron chi connectivity index (χ4n) is 25.2. The van der Waals surface area contributed by atoms with E-state index >= 15 is 14.4 Å². The third-order valence-electron chi connectivity index (χ3n) is 25.3. The third-order valence-corrected chi connectivity index (χ3v) is 25.3. The van der Waals surface area contributed by atoms with Crippen LogP contribution in [-0.2, 0) is 34.7 Å². The number of ether oxygens (including phenoxy) is 2. The molecule has 304 valence electrons.